The fraction of sp³-hybridized carbons (Fsp3) is 0.450. The number of nitrogens with one attached hydrogen (secondary N) is 1. The molecule has 1 aliphatic carbocycles. The second kappa shape index (κ2) is 7.37. The fourth-order valence-corrected chi connectivity index (χ4v) is 4.15. The van der Waals surface area contributed by atoms with Crippen LogP contribution in [0, 0.1) is 5.92 Å². The lowest BCUT2D eigenvalue weighted by Gasteiger charge is -2.38. The Morgan fingerprint density at radius 1 is 1.35 bits per heavy atom. The summed E-state index contributed by atoms with van der Waals surface area (Å²) in [5.41, 5.74) is 2.25. The van der Waals surface area contributed by atoms with Gasteiger partial charge in [-0.05, 0) is 60.4 Å². The first-order valence-electron chi connectivity index (χ1n) is 8.96. The summed E-state index contributed by atoms with van der Waals surface area (Å²) in [5, 5.41) is 12.9. The Morgan fingerprint density at radius 3 is 2.96 bits per heavy atom. The molecule has 1 aromatic heterocycles. The molecule has 2 N–H and O–H groups in total. The van der Waals surface area contributed by atoms with Gasteiger partial charge in [0.15, 0.2) is 5.76 Å². The van der Waals surface area contributed by atoms with Gasteiger partial charge in [0.25, 0.3) is 5.91 Å². The maximum atomic E-state index is 12.7. The number of rotatable bonds is 6. The van der Waals surface area contributed by atoms with E-state index in [1.54, 1.807) is 17.8 Å². The monoisotopic (exact) mass is 373 g/mol. The van der Waals surface area contributed by atoms with Gasteiger partial charge in [-0.1, -0.05) is 6.07 Å². The minimum absolute atomic E-state index is 0.133. The molecular weight excluding hydrogens is 350 g/mol. The smallest absolute Gasteiger partial charge is 0.287 e. The van der Waals surface area contributed by atoms with E-state index in [0.29, 0.717) is 25.2 Å². The van der Waals surface area contributed by atoms with Gasteiger partial charge in [-0.3, -0.25) is 4.79 Å². The lowest BCUT2D eigenvalue weighted by atomic mass is 9.75. The van der Waals surface area contributed by atoms with Crippen LogP contribution in [-0.4, -0.2) is 30.0 Å². The summed E-state index contributed by atoms with van der Waals surface area (Å²) >= 11 is 1.65. The molecule has 6 heteroatoms. The highest BCUT2D eigenvalue weighted by Gasteiger charge is 2.36. The maximum absolute atomic E-state index is 12.7. The van der Waals surface area contributed by atoms with E-state index < -0.39 is 0 Å². The van der Waals surface area contributed by atoms with Gasteiger partial charge in [0.05, 0.1) is 24.5 Å². The Morgan fingerprint density at radius 2 is 2.19 bits per heavy atom. The van der Waals surface area contributed by atoms with Crippen molar-refractivity contribution in [2.24, 2.45) is 5.92 Å². The van der Waals surface area contributed by atoms with Crippen molar-refractivity contribution in [2.45, 2.75) is 37.2 Å². The third-order valence-electron chi connectivity index (χ3n) is 5.15. The summed E-state index contributed by atoms with van der Waals surface area (Å²) in [6.07, 6.45) is 4.03. The standard InChI is InChI=1S/C20H23NO4S/c1-26-11-16-3-5-18(25-16)20(23)21-19(14-9-15(22)10-14)13-2-4-17-12(8-13)6-7-24-17/h2-5,8,14-15,19,22H,6-7,9-11H2,1H3,(H,21,23)/t14?,15?,19-/m1/s1. The van der Waals surface area contributed by atoms with Gasteiger partial charge in [-0.2, -0.15) is 11.8 Å². The molecule has 5 nitrogen and oxygen atoms in total. The Hall–Kier alpha value is -1.92. The van der Waals surface area contributed by atoms with Crippen LogP contribution in [0.5, 0.6) is 5.75 Å². The molecule has 1 saturated carbocycles. The Kier molecular flexibility index (Phi) is 4.96. The molecule has 1 atom stereocenters. The third kappa shape index (κ3) is 3.48. The van der Waals surface area contributed by atoms with Gasteiger partial charge in [0.1, 0.15) is 11.5 Å². The van der Waals surface area contributed by atoms with Crippen LogP contribution in [0.4, 0.5) is 0 Å². The molecule has 1 amide bonds. The number of hydrogen-bond acceptors (Lipinski definition) is 5. The van der Waals surface area contributed by atoms with Crippen LogP contribution in [-0.2, 0) is 12.2 Å². The molecule has 0 unspecified atom stereocenters. The topological polar surface area (TPSA) is 71.7 Å². The number of fused-ring (bicyclic) bond motifs is 1. The molecule has 2 heterocycles. The zero-order valence-corrected chi connectivity index (χ0v) is 15.6. The van der Waals surface area contributed by atoms with E-state index in [-0.39, 0.29) is 24.0 Å². The van der Waals surface area contributed by atoms with Crippen LogP contribution in [0.15, 0.2) is 34.7 Å². The third-order valence-corrected chi connectivity index (χ3v) is 5.73. The first-order chi connectivity index (χ1) is 12.6. The molecule has 1 aliphatic heterocycles. The number of aliphatic hydroxyl groups is 1. The molecule has 1 aromatic carbocycles. The summed E-state index contributed by atoms with van der Waals surface area (Å²) in [5.74, 6) is 2.84. The largest absolute Gasteiger partial charge is 0.493 e. The number of aliphatic hydroxyl groups excluding tert-OH is 1. The molecule has 0 radical (unpaired) electrons. The van der Waals surface area contributed by atoms with Crippen LogP contribution in [0.25, 0.3) is 0 Å². The molecule has 2 aromatic rings. The summed E-state index contributed by atoms with van der Waals surface area (Å²) in [6.45, 7) is 0.711. The van der Waals surface area contributed by atoms with Gasteiger partial charge in [0, 0.05) is 6.42 Å². The number of furan rings is 1. The fourth-order valence-electron chi connectivity index (χ4n) is 3.71. The molecule has 4 rings (SSSR count). The molecule has 0 spiro atoms. The van der Waals surface area contributed by atoms with Gasteiger partial charge in [-0.25, -0.2) is 0 Å². The van der Waals surface area contributed by atoms with E-state index in [0.717, 1.165) is 29.2 Å². The Balaban J connectivity index is 1.54. The van der Waals surface area contributed by atoms with Crippen molar-refractivity contribution >= 4 is 17.7 Å². The van der Waals surface area contributed by atoms with E-state index in [4.69, 9.17) is 9.15 Å². The molecule has 2 aliphatic rings. The lowest BCUT2D eigenvalue weighted by molar-refractivity contribution is 0.0232. The first kappa shape index (κ1) is 17.5. The van der Waals surface area contributed by atoms with E-state index in [1.165, 1.54) is 5.56 Å². The predicted molar refractivity (Wildman–Crippen MR) is 101 cm³/mol. The number of thioether (sulfide) groups is 1. The van der Waals surface area contributed by atoms with Crippen molar-refractivity contribution in [3.05, 3.63) is 53.0 Å². The highest BCUT2D eigenvalue weighted by molar-refractivity contribution is 7.97. The Labute approximate surface area is 157 Å². The van der Waals surface area contributed by atoms with Crippen molar-refractivity contribution in [2.75, 3.05) is 12.9 Å². The van der Waals surface area contributed by atoms with Crippen LogP contribution < -0.4 is 10.1 Å². The number of benzene rings is 1. The van der Waals surface area contributed by atoms with Gasteiger partial charge in [0.2, 0.25) is 0 Å². The lowest BCUT2D eigenvalue weighted by Crippen LogP contribution is -2.41. The molecule has 26 heavy (non-hydrogen) atoms. The number of hydrogen-bond donors (Lipinski definition) is 2. The van der Waals surface area contributed by atoms with Crippen molar-refractivity contribution < 1.29 is 19.1 Å². The molecule has 138 valence electrons. The van der Waals surface area contributed by atoms with E-state index in [9.17, 15) is 9.90 Å². The number of amides is 1. The van der Waals surface area contributed by atoms with Gasteiger partial charge in [-0.15, -0.1) is 0 Å². The second-order valence-electron chi connectivity index (χ2n) is 7.00. The number of carbonyl (C=O) groups is 1. The zero-order chi connectivity index (χ0) is 18.1. The minimum Gasteiger partial charge on any atom is -0.493 e. The van der Waals surface area contributed by atoms with E-state index in [2.05, 4.69) is 11.4 Å². The quantitative estimate of drug-likeness (QED) is 0.813. The highest BCUT2D eigenvalue weighted by Crippen LogP contribution is 2.40. The molecule has 1 fully saturated rings. The van der Waals surface area contributed by atoms with E-state index in [1.807, 2.05) is 24.5 Å². The van der Waals surface area contributed by atoms with Gasteiger partial charge < -0.3 is 19.6 Å². The van der Waals surface area contributed by atoms with Crippen molar-refractivity contribution in [1.29, 1.82) is 0 Å². The average molecular weight is 373 g/mol. The number of carbonyl (C=O) groups excluding carboxylic acids is 1. The van der Waals surface area contributed by atoms with Crippen molar-refractivity contribution in [3.63, 3.8) is 0 Å². The summed E-state index contributed by atoms with van der Waals surface area (Å²) < 4.78 is 11.2. The molecular formula is C20H23NO4S. The normalized spacial score (nSPS) is 22.2. The van der Waals surface area contributed by atoms with Crippen LogP contribution in [0.3, 0.4) is 0 Å². The predicted octanol–water partition coefficient (Wildman–Crippen LogP) is 3.32. The molecule has 0 saturated heterocycles. The van der Waals surface area contributed by atoms with Gasteiger partial charge >= 0.3 is 0 Å². The highest BCUT2D eigenvalue weighted by atomic mass is 32.2. The maximum Gasteiger partial charge on any atom is 0.287 e. The number of ether oxygens (including phenoxy) is 1. The zero-order valence-electron chi connectivity index (χ0n) is 14.7. The second-order valence-corrected chi connectivity index (χ2v) is 7.87. The van der Waals surface area contributed by atoms with Crippen LogP contribution in [0.2, 0.25) is 0 Å². The van der Waals surface area contributed by atoms with Crippen molar-refractivity contribution in [3.8, 4) is 5.75 Å². The molecule has 0 bridgehead atoms. The van der Waals surface area contributed by atoms with Crippen LogP contribution >= 0.6 is 11.8 Å². The first-order valence-corrected chi connectivity index (χ1v) is 10.4. The Bertz CT molecular complexity index is 797. The minimum atomic E-state index is -0.269. The SMILES string of the molecule is CSCc1ccc(C(=O)N[C@H](c2ccc3c(c2)CCO3)C2CC(O)C2)o1. The average Bonchev–Trinajstić information content (AvgIpc) is 3.26. The summed E-state index contributed by atoms with van der Waals surface area (Å²) in [6, 6.07) is 9.56. The summed E-state index contributed by atoms with van der Waals surface area (Å²) in [7, 11) is 0. The van der Waals surface area contributed by atoms with Crippen LogP contribution in [0.1, 0.15) is 46.3 Å². The van der Waals surface area contributed by atoms with Crippen molar-refractivity contribution in [1.82, 2.24) is 5.32 Å². The van der Waals surface area contributed by atoms with E-state index >= 15 is 0 Å². The summed E-state index contributed by atoms with van der Waals surface area (Å²) in [4.78, 5) is 12.7.